The summed E-state index contributed by atoms with van der Waals surface area (Å²) in [5, 5.41) is 4.09. The van der Waals surface area contributed by atoms with Gasteiger partial charge < -0.3 is 4.74 Å². The molecule has 0 fully saturated rings. The third kappa shape index (κ3) is 0.852. The maximum atomic E-state index is 5.12. The first kappa shape index (κ1) is 6.22. The number of nitrogens with zero attached hydrogens (tertiary/aromatic N) is 2. The minimum absolute atomic E-state index is 0.852. The average molecular weight is 148 g/mol. The summed E-state index contributed by atoms with van der Waals surface area (Å²) in [4.78, 5) is 0. The Morgan fingerprint density at radius 2 is 2.36 bits per heavy atom. The molecule has 2 rings (SSSR count). The molecule has 0 N–H and O–H groups in total. The summed E-state index contributed by atoms with van der Waals surface area (Å²) in [6.07, 6.45) is 3.60. The van der Waals surface area contributed by atoms with Crippen molar-refractivity contribution in [2.75, 3.05) is 7.11 Å². The molecule has 0 aliphatic rings. The molecule has 0 aliphatic carbocycles. The maximum Gasteiger partial charge on any atom is 0.146 e. The van der Waals surface area contributed by atoms with E-state index in [1.54, 1.807) is 17.8 Å². The SMILES string of the molecule is COc1ccnn2cccc12. The molecule has 3 heteroatoms. The van der Waals surface area contributed by atoms with Crippen LogP contribution in [-0.2, 0) is 0 Å². The number of fused-ring (bicyclic) bond motifs is 1. The maximum absolute atomic E-state index is 5.12. The lowest BCUT2D eigenvalue weighted by Gasteiger charge is -2.00. The molecular formula is C8H8N2O. The molecule has 0 unspecified atom stereocenters. The molecule has 0 radical (unpaired) electrons. The number of hydrogen-bond donors (Lipinski definition) is 0. The molecule has 3 nitrogen and oxygen atoms in total. The van der Waals surface area contributed by atoms with Crippen molar-refractivity contribution in [1.29, 1.82) is 0 Å². The number of ether oxygens (including phenoxy) is 1. The zero-order valence-electron chi connectivity index (χ0n) is 6.19. The van der Waals surface area contributed by atoms with Crippen molar-refractivity contribution >= 4 is 5.52 Å². The predicted octanol–water partition coefficient (Wildman–Crippen LogP) is 1.34. The van der Waals surface area contributed by atoms with Crippen LogP contribution in [-0.4, -0.2) is 16.7 Å². The van der Waals surface area contributed by atoms with E-state index in [4.69, 9.17) is 4.74 Å². The molecule has 56 valence electrons. The van der Waals surface area contributed by atoms with Crippen molar-refractivity contribution in [2.24, 2.45) is 0 Å². The Balaban J connectivity index is 2.79. The van der Waals surface area contributed by atoms with Crippen LogP contribution in [0.3, 0.4) is 0 Å². The van der Waals surface area contributed by atoms with Crippen molar-refractivity contribution in [2.45, 2.75) is 0 Å². The van der Waals surface area contributed by atoms with Gasteiger partial charge in [-0.05, 0) is 12.1 Å². The van der Waals surface area contributed by atoms with Crippen LogP contribution in [0.2, 0.25) is 0 Å². The van der Waals surface area contributed by atoms with E-state index >= 15 is 0 Å². The summed E-state index contributed by atoms with van der Waals surface area (Å²) in [6.45, 7) is 0. The van der Waals surface area contributed by atoms with Gasteiger partial charge in [0.05, 0.1) is 13.3 Å². The van der Waals surface area contributed by atoms with Gasteiger partial charge in [0.2, 0.25) is 0 Å². The first-order valence-electron chi connectivity index (χ1n) is 3.38. The Kier molecular flexibility index (Phi) is 1.28. The van der Waals surface area contributed by atoms with E-state index in [0.29, 0.717) is 0 Å². The van der Waals surface area contributed by atoms with Crippen molar-refractivity contribution < 1.29 is 4.74 Å². The third-order valence-corrected chi connectivity index (χ3v) is 1.62. The van der Waals surface area contributed by atoms with Crippen LogP contribution in [0.25, 0.3) is 5.52 Å². The lowest BCUT2D eigenvalue weighted by Crippen LogP contribution is -1.91. The molecule has 0 saturated heterocycles. The van der Waals surface area contributed by atoms with Gasteiger partial charge >= 0.3 is 0 Å². The quantitative estimate of drug-likeness (QED) is 0.610. The van der Waals surface area contributed by atoms with Gasteiger partial charge in [-0.15, -0.1) is 0 Å². The van der Waals surface area contributed by atoms with Gasteiger partial charge in [-0.3, -0.25) is 0 Å². The van der Waals surface area contributed by atoms with Crippen molar-refractivity contribution in [3.63, 3.8) is 0 Å². The van der Waals surface area contributed by atoms with Gasteiger partial charge in [-0.25, -0.2) is 4.52 Å². The van der Waals surface area contributed by atoms with Crippen LogP contribution >= 0.6 is 0 Å². The van der Waals surface area contributed by atoms with Crippen LogP contribution < -0.4 is 4.74 Å². The third-order valence-electron chi connectivity index (χ3n) is 1.62. The topological polar surface area (TPSA) is 26.5 Å². The minimum Gasteiger partial charge on any atom is -0.494 e. The van der Waals surface area contributed by atoms with E-state index < -0.39 is 0 Å². The largest absolute Gasteiger partial charge is 0.494 e. The van der Waals surface area contributed by atoms with Crippen LogP contribution in [0.1, 0.15) is 0 Å². The summed E-state index contributed by atoms with van der Waals surface area (Å²) in [7, 11) is 1.66. The van der Waals surface area contributed by atoms with Gasteiger partial charge in [0, 0.05) is 12.3 Å². The number of aromatic nitrogens is 2. The molecule has 0 aromatic carbocycles. The Labute approximate surface area is 64.2 Å². The van der Waals surface area contributed by atoms with Crippen molar-refractivity contribution in [3.05, 3.63) is 30.6 Å². The Morgan fingerprint density at radius 1 is 1.45 bits per heavy atom. The number of hydrogen-bond acceptors (Lipinski definition) is 2. The van der Waals surface area contributed by atoms with E-state index in [1.807, 2.05) is 24.4 Å². The monoisotopic (exact) mass is 148 g/mol. The van der Waals surface area contributed by atoms with Crippen LogP contribution in [0.15, 0.2) is 30.6 Å². The van der Waals surface area contributed by atoms with Gasteiger partial charge in [-0.1, -0.05) is 0 Å². The molecule has 2 aromatic heterocycles. The highest BCUT2D eigenvalue weighted by Gasteiger charge is 1.98. The van der Waals surface area contributed by atoms with Crippen LogP contribution in [0.5, 0.6) is 5.75 Å². The first-order valence-corrected chi connectivity index (χ1v) is 3.38. The first-order chi connectivity index (χ1) is 5.42. The molecule has 2 aromatic rings. The lowest BCUT2D eigenvalue weighted by atomic mass is 10.4. The number of methoxy groups -OCH3 is 1. The fourth-order valence-electron chi connectivity index (χ4n) is 1.10. The minimum atomic E-state index is 0.852. The second-order valence-corrected chi connectivity index (χ2v) is 2.24. The highest BCUT2D eigenvalue weighted by Crippen LogP contribution is 2.16. The Morgan fingerprint density at radius 3 is 3.18 bits per heavy atom. The summed E-state index contributed by atoms with van der Waals surface area (Å²) in [5.74, 6) is 0.852. The van der Waals surface area contributed by atoms with Gasteiger partial charge in [0.25, 0.3) is 0 Å². The van der Waals surface area contributed by atoms with E-state index in [-0.39, 0.29) is 0 Å². The van der Waals surface area contributed by atoms with Gasteiger partial charge in [0.1, 0.15) is 11.3 Å². The smallest absolute Gasteiger partial charge is 0.146 e. The van der Waals surface area contributed by atoms with Crippen LogP contribution in [0, 0.1) is 0 Å². The second kappa shape index (κ2) is 2.27. The summed E-state index contributed by atoms with van der Waals surface area (Å²) in [6, 6.07) is 5.74. The van der Waals surface area contributed by atoms with Gasteiger partial charge in [0.15, 0.2) is 0 Å². The molecule has 0 atom stereocenters. The van der Waals surface area contributed by atoms with Crippen molar-refractivity contribution in [3.8, 4) is 5.75 Å². The fraction of sp³-hybridized carbons (Fsp3) is 0.125. The summed E-state index contributed by atoms with van der Waals surface area (Å²) in [5.41, 5.74) is 0.995. The average Bonchev–Trinajstić information content (AvgIpc) is 2.50. The Bertz CT molecular complexity index is 367. The molecule has 0 bridgehead atoms. The second-order valence-electron chi connectivity index (χ2n) is 2.24. The summed E-state index contributed by atoms with van der Waals surface area (Å²) < 4.78 is 6.90. The normalized spacial score (nSPS) is 10.3. The van der Waals surface area contributed by atoms with Crippen molar-refractivity contribution in [1.82, 2.24) is 9.61 Å². The standard InChI is InChI=1S/C8H8N2O/c1-11-8-4-5-9-10-6-2-3-7(8)10/h2-6H,1H3. The highest BCUT2D eigenvalue weighted by molar-refractivity contribution is 5.58. The molecule has 0 aliphatic heterocycles. The molecular weight excluding hydrogens is 140 g/mol. The van der Waals surface area contributed by atoms with E-state index in [1.165, 1.54) is 0 Å². The summed E-state index contributed by atoms with van der Waals surface area (Å²) >= 11 is 0. The van der Waals surface area contributed by atoms with E-state index in [0.717, 1.165) is 11.3 Å². The van der Waals surface area contributed by atoms with Gasteiger partial charge in [-0.2, -0.15) is 5.10 Å². The predicted molar refractivity (Wildman–Crippen MR) is 41.7 cm³/mol. The molecule has 0 amide bonds. The molecule has 0 spiro atoms. The van der Waals surface area contributed by atoms with E-state index in [2.05, 4.69) is 5.10 Å². The highest BCUT2D eigenvalue weighted by atomic mass is 16.5. The zero-order chi connectivity index (χ0) is 7.68. The molecule has 0 saturated carbocycles. The van der Waals surface area contributed by atoms with Crippen LogP contribution in [0.4, 0.5) is 0 Å². The zero-order valence-corrected chi connectivity index (χ0v) is 6.19. The van der Waals surface area contributed by atoms with E-state index in [9.17, 15) is 0 Å². The molecule has 2 heterocycles. The Hall–Kier alpha value is -1.51. The fourth-order valence-corrected chi connectivity index (χ4v) is 1.10. The number of rotatable bonds is 1. The molecule has 11 heavy (non-hydrogen) atoms. The lowest BCUT2D eigenvalue weighted by molar-refractivity contribution is 0.416.